The van der Waals surface area contributed by atoms with E-state index >= 15 is 0 Å². The minimum absolute atomic E-state index is 0.226. The first-order chi connectivity index (χ1) is 9.56. The number of amides is 1. The average Bonchev–Trinajstić information content (AvgIpc) is 2.91. The molecule has 0 aliphatic heterocycles. The van der Waals surface area contributed by atoms with Gasteiger partial charge in [-0.2, -0.15) is 0 Å². The second-order valence-corrected chi connectivity index (χ2v) is 5.21. The summed E-state index contributed by atoms with van der Waals surface area (Å²) in [5.74, 6) is -1.41. The van der Waals surface area contributed by atoms with Crippen LogP contribution in [0.15, 0.2) is 35.2 Å². The van der Waals surface area contributed by atoms with Gasteiger partial charge < -0.3 is 10.4 Å². The summed E-state index contributed by atoms with van der Waals surface area (Å²) in [6.07, 6.45) is -0.226. The van der Waals surface area contributed by atoms with E-state index in [2.05, 4.69) is 10.3 Å². The number of aromatic nitrogens is 1. The Labute approximate surface area is 124 Å². The fraction of sp³-hybridized carbons (Fsp3) is 0.154. The van der Waals surface area contributed by atoms with Crippen molar-refractivity contribution in [3.63, 3.8) is 0 Å². The highest BCUT2D eigenvalue weighted by atomic mass is 35.5. The fourth-order valence-electron chi connectivity index (χ4n) is 1.71. The molecule has 1 atom stereocenters. The molecule has 0 saturated carbocycles. The molecule has 0 saturated heterocycles. The van der Waals surface area contributed by atoms with E-state index < -0.39 is 17.9 Å². The van der Waals surface area contributed by atoms with Crippen LogP contribution in [0.25, 0.3) is 0 Å². The van der Waals surface area contributed by atoms with Gasteiger partial charge >= 0.3 is 5.97 Å². The van der Waals surface area contributed by atoms with Gasteiger partial charge in [0.15, 0.2) is 0 Å². The third-order valence-corrected chi connectivity index (χ3v) is 3.42. The van der Waals surface area contributed by atoms with Crippen molar-refractivity contribution < 1.29 is 14.7 Å². The van der Waals surface area contributed by atoms with Crippen LogP contribution in [0.4, 0.5) is 0 Å². The van der Waals surface area contributed by atoms with E-state index in [0.29, 0.717) is 10.6 Å². The maximum absolute atomic E-state index is 12.0. The molecule has 0 aliphatic rings. The average molecular weight is 311 g/mol. The van der Waals surface area contributed by atoms with Crippen molar-refractivity contribution in [2.24, 2.45) is 0 Å². The van der Waals surface area contributed by atoms with E-state index in [1.165, 1.54) is 11.3 Å². The maximum Gasteiger partial charge on any atom is 0.305 e. The molecule has 1 aromatic carbocycles. The SMILES string of the molecule is O=C(O)C[C@@H](NC(=O)c1cscn1)c1cccc(Cl)c1. The van der Waals surface area contributed by atoms with Gasteiger partial charge in [0.1, 0.15) is 5.69 Å². The van der Waals surface area contributed by atoms with Gasteiger partial charge in [0.25, 0.3) is 5.91 Å². The predicted octanol–water partition coefficient (Wildman–Crippen LogP) is 2.74. The summed E-state index contributed by atoms with van der Waals surface area (Å²) in [7, 11) is 0. The van der Waals surface area contributed by atoms with Crippen molar-refractivity contribution in [3.05, 3.63) is 51.4 Å². The van der Waals surface area contributed by atoms with Gasteiger partial charge in [-0.05, 0) is 17.7 Å². The smallest absolute Gasteiger partial charge is 0.305 e. The monoisotopic (exact) mass is 310 g/mol. The van der Waals surface area contributed by atoms with Gasteiger partial charge in [-0.1, -0.05) is 23.7 Å². The number of carbonyl (C=O) groups excluding carboxylic acids is 1. The summed E-state index contributed by atoms with van der Waals surface area (Å²) >= 11 is 7.19. The van der Waals surface area contributed by atoms with Crippen molar-refractivity contribution in [1.29, 1.82) is 0 Å². The highest BCUT2D eigenvalue weighted by Gasteiger charge is 2.20. The summed E-state index contributed by atoms with van der Waals surface area (Å²) in [4.78, 5) is 26.8. The number of carboxylic acid groups (broad SMARTS) is 1. The minimum Gasteiger partial charge on any atom is -0.481 e. The van der Waals surface area contributed by atoms with Crippen LogP contribution < -0.4 is 5.32 Å². The van der Waals surface area contributed by atoms with Gasteiger partial charge in [-0.3, -0.25) is 9.59 Å². The number of aliphatic carboxylic acids is 1. The van der Waals surface area contributed by atoms with Crippen molar-refractivity contribution in [1.82, 2.24) is 10.3 Å². The number of hydrogen-bond donors (Lipinski definition) is 2. The summed E-state index contributed by atoms with van der Waals surface area (Å²) in [5.41, 5.74) is 2.46. The lowest BCUT2D eigenvalue weighted by Crippen LogP contribution is -2.30. The van der Waals surface area contributed by atoms with E-state index in [1.807, 2.05) is 0 Å². The molecule has 0 fully saturated rings. The van der Waals surface area contributed by atoms with Gasteiger partial charge in [0.2, 0.25) is 0 Å². The van der Waals surface area contributed by atoms with Gasteiger partial charge in [-0.25, -0.2) is 4.98 Å². The molecule has 1 amide bonds. The minimum atomic E-state index is -1.01. The molecule has 7 heteroatoms. The standard InChI is InChI=1S/C13H11ClN2O3S/c14-9-3-1-2-8(4-9)10(5-12(17)18)16-13(19)11-6-20-7-15-11/h1-4,6-7,10H,5H2,(H,16,19)(H,17,18)/t10-/m1/s1. The number of carboxylic acids is 1. The third-order valence-electron chi connectivity index (χ3n) is 2.60. The zero-order valence-electron chi connectivity index (χ0n) is 10.2. The third kappa shape index (κ3) is 3.79. The zero-order chi connectivity index (χ0) is 14.5. The molecule has 0 radical (unpaired) electrons. The predicted molar refractivity (Wildman–Crippen MR) is 76.0 cm³/mol. The number of rotatable bonds is 5. The van der Waals surface area contributed by atoms with Gasteiger partial charge in [-0.15, -0.1) is 11.3 Å². The lowest BCUT2D eigenvalue weighted by atomic mass is 10.0. The van der Waals surface area contributed by atoms with Gasteiger partial charge in [0, 0.05) is 10.4 Å². The highest BCUT2D eigenvalue weighted by molar-refractivity contribution is 7.07. The van der Waals surface area contributed by atoms with E-state index in [9.17, 15) is 9.59 Å². The topological polar surface area (TPSA) is 79.3 Å². The van der Waals surface area contributed by atoms with Crippen LogP contribution in [-0.4, -0.2) is 22.0 Å². The van der Waals surface area contributed by atoms with Crippen molar-refractivity contribution in [3.8, 4) is 0 Å². The number of halogens is 1. The summed E-state index contributed by atoms with van der Waals surface area (Å²) < 4.78 is 0. The Morgan fingerprint density at radius 1 is 1.45 bits per heavy atom. The molecule has 2 N–H and O–H groups in total. The molecule has 104 valence electrons. The molecule has 0 aliphatic carbocycles. The molecule has 2 aromatic rings. The number of carbonyl (C=O) groups is 2. The first-order valence-corrected chi connectivity index (χ1v) is 7.04. The number of nitrogens with zero attached hydrogens (tertiary/aromatic N) is 1. The molecule has 20 heavy (non-hydrogen) atoms. The zero-order valence-corrected chi connectivity index (χ0v) is 11.8. The normalized spacial score (nSPS) is 11.8. The Kier molecular flexibility index (Phi) is 4.70. The first-order valence-electron chi connectivity index (χ1n) is 5.72. The van der Waals surface area contributed by atoms with Crippen LogP contribution in [0.5, 0.6) is 0 Å². The number of thiazole rings is 1. The van der Waals surface area contributed by atoms with Crippen molar-refractivity contribution >= 4 is 34.8 Å². The lowest BCUT2D eigenvalue weighted by Gasteiger charge is -2.17. The van der Waals surface area contributed by atoms with Crippen molar-refractivity contribution in [2.75, 3.05) is 0 Å². The van der Waals surface area contributed by atoms with Crippen LogP contribution in [0, 0.1) is 0 Å². The van der Waals surface area contributed by atoms with Crippen LogP contribution in [0.2, 0.25) is 5.02 Å². The van der Waals surface area contributed by atoms with E-state index in [-0.39, 0.29) is 12.1 Å². The first kappa shape index (κ1) is 14.5. The Hall–Kier alpha value is -1.92. The number of hydrogen-bond acceptors (Lipinski definition) is 4. The van der Waals surface area contributed by atoms with E-state index in [1.54, 1.807) is 35.2 Å². The molecular weight excluding hydrogens is 300 g/mol. The molecular formula is C13H11ClN2O3S. The summed E-state index contributed by atoms with van der Waals surface area (Å²) in [5, 5.41) is 13.7. The molecule has 5 nitrogen and oxygen atoms in total. The Morgan fingerprint density at radius 2 is 2.25 bits per heavy atom. The van der Waals surface area contributed by atoms with Crippen LogP contribution in [-0.2, 0) is 4.79 Å². The highest BCUT2D eigenvalue weighted by Crippen LogP contribution is 2.21. The molecule has 1 heterocycles. The Balaban J connectivity index is 2.20. The second kappa shape index (κ2) is 6.49. The van der Waals surface area contributed by atoms with Crippen LogP contribution >= 0.6 is 22.9 Å². The Bertz CT molecular complexity index is 616. The van der Waals surface area contributed by atoms with Crippen LogP contribution in [0.3, 0.4) is 0 Å². The molecule has 0 unspecified atom stereocenters. The van der Waals surface area contributed by atoms with E-state index in [4.69, 9.17) is 16.7 Å². The summed E-state index contributed by atoms with van der Waals surface area (Å²) in [6.45, 7) is 0. The fourth-order valence-corrected chi connectivity index (χ4v) is 2.44. The van der Waals surface area contributed by atoms with E-state index in [0.717, 1.165) is 0 Å². The summed E-state index contributed by atoms with van der Waals surface area (Å²) in [6, 6.07) is 6.10. The van der Waals surface area contributed by atoms with Gasteiger partial charge in [0.05, 0.1) is 18.0 Å². The molecule has 0 bridgehead atoms. The maximum atomic E-state index is 12.0. The molecule has 1 aromatic heterocycles. The molecule has 2 rings (SSSR count). The number of benzene rings is 1. The number of nitrogens with one attached hydrogen (secondary N) is 1. The Morgan fingerprint density at radius 3 is 2.85 bits per heavy atom. The van der Waals surface area contributed by atoms with Crippen LogP contribution in [0.1, 0.15) is 28.5 Å². The molecule has 0 spiro atoms. The second-order valence-electron chi connectivity index (χ2n) is 4.05. The van der Waals surface area contributed by atoms with Crippen molar-refractivity contribution in [2.45, 2.75) is 12.5 Å². The lowest BCUT2D eigenvalue weighted by molar-refractivity contribution is -0.137. The largest absolute Gasteiger partial charge is 0.481 e. The quantitative estimate of drug-likeness (QED) is 0.890.